The van der Waals surface area contributed by atoms with E-state index in [4.69, 9.17) is 11.6 Å². The van der Waals surface area contributed by atoms with E-state index in [-0.39, 0.29) is 0 Å². The van der Waals surface area contributed by atoms with Crippen molar-refractivity contribution < 1.29 is 0 Å². The Morgan fingerprint density at radius 3 is 3.18 bits per heavy atom. The molecule has 1 N–H and O–H groups in total. The number of rotatable bonds is 3. The molecular formula is C12H15ClN4. The normalized spacial score (nSPS) is 24.3. The first-order valence-electron chi connectivity index (χ1n) is 6.01. The fourth-order valence-corrected chi connectivity index (χ4v) is 2.81. The summed E-state index contributed by atoms with van der Waals surface area (Å²) in [5, 5.41) is 7.89. The zero-order valence-electron chi connectivity index (χ0n) is 9.51. The van der Waals surface area contributed by atoms with Crippen LogP contribution in [0.25, 0.3) is 5.52 Å². The molecule has 2 atom stereocenters. The van der Waals surface area contributed by atoms with Crippen LogP contribution in [0.15, 0.2) is 24.7 Å². The Balaban J connectivity index is 1.74. The zero-order valence-corrected chi connectivity index (χ0v) is 10.3. The third kappa shape index (κ3) is 2.09. The molecular weight excluding hydrogens is 236 g/mol. The molecule has 4 nitrogen and oxygen atoms in total. The molecule has 1 aliphatic carbocycles. The Morgan fingerprint density at radius 1 is 1.41 bits per heavy atom. The van der Waals surface area contributed by atoms with Crippen molar-refractivity contribution in [3.63, 3.8) is 0 Å². The van der Waals surface area contributed by atoms with Crippen molar-refractivity contribution in [1.29, 1.82) is 0 Å². The van der Waals surface area contributed by atoms with Crippen molar-refractivity contribution >= 4 is 22.9 Å². The average molecular weight is 251 g/mol. The van der Waals surface area contributed by atoms with Crippen molar-refractivity contribution in [2.24, 2.45) is 5.92 Å². The molecule has 90 valence electrons. The van der Waals surface area contributed by atoms with Crippen LogP contribution in [0.4, 0.5) is 5.82 Å². The molecule has 2 aromatic rings. The Kier molecular flexibility index (Phi) is 2.89. The van der Waals surface area contributed by atoms with Gasteiger partial charge in [0, 0.05) is 24.3 Å². The number of nitrogens with zero attached hydrogens (tertiary/aromatic N) is 3. The quantitative estimate of drug-likeness (QED) is 0.852. The minimum atomic E-state index is 0.312. The summed E-state index contributed by atoms with van der Waals surface area (Å²) in [6.45, 7) is 0.895. The predicted molar refractivity (Wildman–Crippen MR) is 68.5 cm³/mol. The molecule has 0 radical (unpaired) electrons. The number of hydrogen-bond acceptors (Lipinski definition) is 3. The van der Waals surface area contributed by atoms with Gasteiger partial charge < -0.3 is 5.32 Å². The zero-order chi connectivity index (χ0) is 11.7. The number of hydrogen-bond donors (Lipinski definition) is 1. The molecule has 1 fully saturated rings. The molecule has 1 saturated carbocycles. The summed E-state index contributed by atoms with van der Waals surface area (Å²) in [7, 11) is 0. The highest BCUT2D eigenvalue weighted by atomic mass is 35.5. The summed E-state index contributed by atoms with van der Waals surface area (Å²) in [6.07, 6.45) is 8.98. The topological polar surface area (TPSA) is 42.2 Å². The number of nitrogens with one attached hydrogen (secondary N) is 1. The molecule has 1 aliphatic rings. The summed E-state index contributed by atoms with van der Waals surface area (Å²) in [5.74, 6) is 1.45. The Morgan fingerprint density at radius 2 is 2.35 bits per heavy atom. The second kappa shape index (κ2) is 4.53. The lowest BCUT2D eigenvalue weighted by atomic mass is 10.1. The third-order valence-corrected chi connectivity index (χ3v) is 4.00. The van der Waals surface area contributed by atoms with E-state index in [1.165, 1.54) is 12.8 Å². The molecule has 0 amide bonds. The van der Waals surface area contributed by atoms with Crippen LogP contribution in [-0.2, 0) is 0 Å². The lowest BCUT2D eigenvalue weighted by Crippen LogP contribution is -2.19. The molecule has 17 heavy (non-hydrogen) atoms. The minimum absolute atomic E-state index is 0.312. The van der Waals surface area contributed by atoms with Gasteiger partial charge in [-0.15, -0.1) is 11.6 Å². The molecule has 2 aromatic heterocycles. The van der Waals surface area contributed by atoms with Crippen LogP contribution < -0.4 is 5.32 Å². The van der Waals surface area contributed by atoms with Gasteiger partial charge in [-0.3, -0.25) is 0 Å². The molecule has 0 spiro atoms. The van der Waals surface area contributed by atoms with E-state index in [9.17, 15) is 0 Å². The van der Waals surface area contributed by atoms with Crippen molar-refractivity contribution in [2.75, 3.05) is 11.9 Å². The lowest BCUT2D eigenvalue weighted by Gasteiger charge is -2.15. The fourth-order valence-electron chi connectivity index (χ4n) is 2.44. The van der Waals surface area contributed by atoms with E-state index in [0.29, 0.717) is 11.3 Å². The van der Waals surface area contributed by atoms with Gasteiger partial charge in [0.2, 0.25) is 0 Å². The van der Waals surface area contributed by atoms with E-state index < -0.39 is 0 Å². The van der Waals surface area contributed by atoms with Crippen LogP contribution in [0.1, 0.15) is 19.3 Å². The van der Waals surface area contributed by atoms with Crippen LogP contribution in [0.2, 0.25) is 0 Å². The molecule has 0 bridgehead atoms. The Hall–Kier alpha value is -1.29. The summed E-state index contributed by atoms with van der Waals surface area (Å²) < 4.78 is 1.82. The first-order chi connectivity index (χ1) is 8.34. The summed E-state index contributed by atoms with van der Waals surface area (Å²) in [4.78, 5) is 4.35. The number of halogens is 1. The minimum Gasteiger partial charge on any atom is -0.368 e. The van der Waals surface area contributed by atoms with Crippen molar-refractivity contribution in [2.45, 2.75) is 24.6 Å². The van der Waals surface area contributed by atoms with Crippen molar-refractivity contribution in [3.8, 4) is 0 Å². The van der Waals surface area contributed by atoms with Crippen LogP contribution >= 0.6 is 11.6 Å². The molecule has 5 heteroatoms. The lowest BCUT2D eigenvalue weighted by molar-refractivity contribution is 0.585. The van der Waals surface area contributed by atoms with Crippen LogP contribution in [0.5, 0.6) is 0 Å². The molecule has 2 heterocycles. The van der Waals surface area contributed by atoms with Gasteiger partial charge in [-0.05, 0) is 24.8 Å². The summed E-state index contributed by atoms with van der Waals surface area (Å²) >= 11 is 6.26. The monoisotopic (exact) mass is 250 g/mol. The fraction of sp³-hybridized carbons (Fsp3) is 0.500. The van der Waals surface area contributed by atoms with Crippen LogP contribution in [0, 0.1) is 5.92 Å². The van der Waals surface area contributed by atoms with Gasteiger partial charge in [0.15, 0.2) is 5.82 Å². The second-order valence-corrected chi connectivity index (χ2v) is 5.09. The first kappa shape index (κ1) is 10.8. The van der Waals surface area contributed by atoms with Gasteiger partial charge in [0.1, 0.15) is 5.52 Å². The highest BCUT2D eigenvalue weighted by Gasteiger charge is 2.25. The van der Waals surface area contributed by atoms with E-state index in [1.54, 1.807) is 12.4 Å². The molecule has 0 aliphatic heterocycles. The molecule has 3 rings (SSSR count). The molecule has 2 unspecified atom stereocenters. The van der Waals surface area contributed by atoms with E-state index in [2.05, 4.69) is 15.4 Å². The Bertz CT molecular complexity index is 510. The van der Waals surface area contributed by atoms with Gasteiger partial charge in [0.25, 0.3) is 0 Å². The van der Waals surface area contributed by atoms with E-state index in [0.717, 1.165) is 24.3 Å². The maximum absolute atomic E-state index is 6.26. The molecule has 0 saturated heterocycles. The average Bonchev–Trinajstić information content (AvgIpc) is 2.95. The van der Waals surface area contributed by atoms with Crippen molar-refractivity contribution in [3.05, 3.63) is 24.7 Å². The highest BCUT2D eigenvalue weighted by Crippen LogP contribution is 2.30. The smallest absolute Gasteiger partial charge is 0.152 e. The maximum Gasteiger partial charge on any atom is 0.152 e. The third-order valence-electron chi connectivity index (χ3n) is 3.42. The number of anilines is 1. The summed E-state index contributed by atoms with van der Waals surface area (Å²) in [6, 6.07) is 1.96. The summed E-state index contributed by atoms with van der Waals surface area (Å²) in [5.41, 5.74) is 1.01. The largest absolute Gasteiger partial charge is 0.368 e. The first-order valence-corrected chi connectivity index (χ1v) is 6.44. The van der Waals surface area contributed by atoms with E-state index in [1.807, 2.05) is 16.8 Å². The number of fused-ring (bicyclic) bond motifs is 1. The maximum atomic E-state index is 6.26. The van der Waals surface area contributed by atoms with Gasteiger partial charge in [0.05, 0.1) is 6.20 Å². The molecule has 0 aromatic carbocycles. The standard InChI is InChI=1S/C12H15ClN4/c13-10-3-1-2-9(10)8-15-12-11-4-5-16-17(11)7-6-14-12/h4-7,9-10H,1-3,8H2,(H,14,15). The Labute approximate surface area is 105 Å². The van der Waals surface area contributed by atoms with Crippen molar-refractivity contribution in [1.82, 2.24) is 14.6 Å². The number of alkyl halides is 1. The predicted octanol–water partition coefficient (Wildman–Crippen LogP) is 2.55. The van der Waals surface area contributed by atoms with Gasteiger partial charge in [-0.2, -0.15) is 5.10 Å². The number of aromatic nitrogens is 3. The van der Waals surface area contributed by atoms with Gasteiger partial charge >= 0.3 is 0 Å². The van der Waals surface area contributed by atoms with Crippen LogP contribution in [-0.4, -0.2) is 26.5 Å². The SMILES string of the molecule is ClC1CCCC1CNc1nccn2nccc12. The van der Waals surface area contributed by atoms with Gasteiger partial charge in [-0.1, -0.05) is 6.42 Å². The van der Waals surface area contributed by atoms with E-state index >= 15 is 0 Å². The highest BCUT2D eigenvalue weighted by molar-refractivity contribution is 6.21. The second-order valence-electron chi connectivity index (χ2n) is 4.52. The van der Waals surface area contributed by atoms with Crippen LogP contribution in [0.3, 0.4) is 0 Å². The van der Waals surface area contributed by atoms with Gasteiger partial charge in [-0.25, -0.2) is 9.50 Å².